The summed E-state index contributed by atoms with van der Waals surface area (Å²) in [5, 5.41) is 2.41. The number of ether oxygens (including phenoxy) is 1. The fraction of sp³-hybridized carbons (Fsp3) is 0.231. The van der Waals surface area contributed by atoms with Crippen molar-refractivity contribution in [3.63, 3.8) is 0 Å². The maximum absolute atomic E-state index is 13.4. The first-order chi connectivity index (χ1) is 8.95. The molecule has 0 aliphatic rings. The van der Waals surface area contributed by atoms with Crippen molar-refractivity contribution < 1.29 is 18.7 Å². The van der Waals surface area contributed by atoms with Gasteiger partial charge in [0.05, 0.1) is 12.7 Å². The van der Waals surface area contributed by atoms with Gasteiger partial charge >= 0.3 is 5.97 Å². The summed E-state index contributed by atoms with van der Waals surface area (Å²) >= 11 is 3.11. The van der Waals surface area contributed by atoms with Crippen LogP contribution >= 0.6 is 15.9 Å². The highest BCUT2D eigenvalue weighted by Crippen LogP contribution is 2.13. The summed E-state index contributed by atoms with van der Waals surface area (Å²) in [6.07, 6.45) is 0.160. The number of esters is 1. The molecule has 0 aliphatic heterocycles. The van der Waals surface area contributed by atoms with Crippen molar-refractivity contribution in [1.29, 1.82) is 0 Å². The lowest BCUT2D eigenvalue weighted by Gasteiger charge is -2.16. The number of benzene rings is 1. The number of carbonyl (C=O) groups is 2. The van der Waals surface area contributed by atoms with Crippen molar-refractivity contribution in [2.24, 2.45) is 0 Å². The average Bonchev–Trinajstić information content (AvgIpc) is 2.36. The molecule has 0 spiro atoms. The van der Waals surface area contributed by atoms with Crippen molar-refractivity contribution in [1.82, 2.24) is 5.32 Å². The van der Waals surface area contributed by atoms with Gasteiger partial charge < -0.3 is 10.1 Å². The molecule has 0 aliphatic carbocycles. The molecule has 0 radical (unpaired) electrons. The van der Waals surface area contributed by atoms with Crippen LogP contribution in [0.25, 0.3) is 0 Å². The first-order valence-electron chi connectivity index (χ1n) is 5.42. The minimum atomic E-state index is -0.913. The van der Waals surface area contributed by atoms with Crippen LogP contribution in [0, 0.1) is 5.82 Å². The number of halogens is 2. The summed E-state index contributed by atoms with van der Waals surface area (Å²) in [4.78, 5) is 23.4. The Morgan fingerprint density at radius 2 is 2.11 bits per heavy atom. The first-order valence-corrected chi connectivity index (χ1v) is 6.21. The topological polar surface area (TPSA) is 55.4 Å². The average molecular weight is 330 g/mol. The number of rotatable bonds is 5. The molecule has 6 heteroatoms. The molecule has 0 bridgehead atoms. The van der Waals surface area contributed by atoms with E-state index in [0.717, 1.165) is 0 Å². The van der Waals surface area contributed by atoms with Crippen LogP contribution < -0.4 is 5.32 Å². The Bertz CT molecular complexity index is 504. The van der Waals surface area contributed by atoms with E-state index >= 15 is 0 Å². The highest BCUT2D eigenvalue weighted by atomic mass is 79.9. The number of hydrogen-bond acceptors (Lipinski definition) is 3. The molecule has 0 saturated carbocycles. The summed E-state index contributed by atoms with van der Waals surface area (Å²) in [6, 6.07) is 4.61. The SMILES string of the molecule is C=C(Br)C[C@H](NC(=O)c1ccccc1F)C(=O)OC. The van der Waals surface area contributed by atoms with Crippen molar-refractivity contribution in [2.45, 2.75) is 12.5 Å². The molecule has 1 N–H and O–H groups in total. The van der Waals surface area contributed by atoms with Crippen LogP contribution in [0.3, 0.4) is 0 Å². The number of nitrogens with one attached hydrogen (secondary N) is 1. The lowest BCUT2D eigenvalue weighted by Crippen LogP contribution is -2.41. The second-order valence-electron chi connectivity index (χ2n) is 3.75. The Balaban J connectivity index is 2.85. The fourth-order valence-corrected chi connectivity index (χ4v) is 1.76. The molecule has 0 heterocycles. The zero-order valence-corrected chi connectivity index (χ0v) is 11.9. The molecule has 0 fully saturated rings. The van der Waals surface area contributed by atoms with Crippen molar-refractivity contribution in [3.05, 3.63) is 46.7 Å². The van der Waals surface area contributed by atoms with Gasteiger partial charge in [0.25, 0.3) is 5.91 Å². The Morgan fingerprint density at radius 1 is 1.47 bits per heavy atom. The van der Waals surface area contributed by atoms with Crippen LogP contribution in [0.5, 0.6) is 0 Å². The lowest BCUT2D eigenvalue weighted by atomic mass is 10.1. The molecular weight excluding hydrogens is 317 g/mol. The molecule has 4 nitrogen and oxygen atoms in total. The molecule has 102 valence electrons. The number of methoxy groups -OCH3 is 1. The van der Waals surface area contributed by atoms with Gasteiger partial charge in [-0.1, -0.05) is 34.6 Å². The van der Waals surface area contributed by atoms with Gasteiger partial charge in [0.1, 0.15) is 11.9 Å². The maximum atomic E-state index is 13.4. The molecule has 1 rings (SSSR count). The van der Waals surface area contributed by atoms with Crippen LogP contribution in [0.2, 0.25) is 0 Å². The van der Waals surface area contributed by atoms with E-state index in [2.05, 4.69) is 32.6 Å². The zero-order chi connectivity index (χ0) is 14.4. The van der Waals surface area contributed by atoms with Crippen molar-refractivity contribution >= 4 is 27.8 Å². The number of carbonyl (C=O) groups excluding carboxylic acids is 2. The summed E-state index contributed by atoms with van der Waals surface area (Å²) in [5.74, 6) is -1.95. The zero-order valence-electron chi connectivity index (χ0n) is 10.3. The Kier molecular flexibility index (Phi) is 5.69. The van der Waals surface area contributed by atoms with Gasteiger partial charge in [-0.05, 0) is 16.6 Å². The van der Waals surface area contributed by atoms with Gasteiger partial charge in [-0.2, -0.15) is 0 Å². The molecule has 1 aromatic rings. The molecule has 19 heavy (non-hydrogen) atoms. The number of amides is 1. The minimum absolute atomic E-state index is 0.128. The van der Waals surface area contributed by atoms with Gasteiger partial charge in [0.15, 0.2) is 0 Å². The molecule has 0 saturated heterocycles. The highest BCUT2D eigenvalue weighted by Gasteiger charge is 2.23. The van der Waals surface area contributed by atoms with Crippen LogP contribution in [-0.2, 0) is 9.53 Å². The van der Waals surface area contributed by atoms with Crippen LogP contribution in [0.15, 0.2) is 35.3 Å². The van der Waals surface area contributed by atoms with E-state index in [-0.39, 0.29) is 12.0 Å². The first kappa shape index (κ1) is 15.4. The Morgan fingerprint density at radius 3 is 2.63 bits per heavy atom. The lowest BCUT2D eigenvalue weighted by molar-refractivity contribution is -0.142. The predicted octanol–water partition coefficient (Wildman–Crippen LogP) is 2.40. The molecule has 1 aromatic carbocycles. The normalized spacial score (nSPS) is 11.5. The minimum Gasteiger partial charge on any atom is -0.467 e. The van der Waals surface area contributed by atoms with E-state index in [1.54, 1.807) is 0 Å². The standard InChI is InChI=1S/C13H13BrFNO3/c1-8(14)7-11(13(18)19-2)16-12(17)9-5-3-4-6-10(9)15/h3-6,11H,1,7H2,2H3,(H,16,17)/t11-/m0/s1. The van der Waals surface area contributed by atoms with E-state index < -0.39 is 23.7 Å². The van der Waals surface area contributed by atoms with Crippen molar-refractivity contribution in [3.8, 4) is 0 Å². The van der Waals surface area contributed by atoms with Gasteiger partial charge in [-0.3, -0.25) is 4.79 Å². The summed E-state index contributed by atoms with van der Waals surface area (Å²) in [5.41, 5.74) is -0.128. The summed E-state index contributed by atoms with van der Waals surface area (Å²) in [6.45, 7) is 3.59. The van der Waals surface area contributed by atoms with E-state index in [0.29, 0.717) is 4.48 Å². The second kappa shape index (κ2) is 7.04. The van der Waals surface area contributed by atoms with Gasteiger partial charge in [0, 0.05) is 6.42 Å². The quantitative estimate of drug-likeness (QED) is 0.844. The van der Waals surface area contributed by atoms with E-state index in [4.69, 9.17) is 0 Å². The van der Waals surface area contributed by atoms with Gasteiger partial charge in [0.2, 0.25) is 0 Å². The second-order valence-corrected chi connectivity index (χ2v) is 4.87. The maximum Gasteiger partial charge on any atom is 0.328 e. The monoisotopic (exact) mass is 329 g/mol. The molecule has 0 aromatic heterocycles. The predicted molar refractivity (Wildman–Crippen MR) is 72.4 cm³/mol. The third-order valence-corrected chi connectivity index (χ3v) is 2.66. The summed E-state index contributed by atoms with van der Waals surface area (Å²) in [7, 11) is 1.21. The molecule has 1 amide bonds. The molecule has 1 atom stereocenters. The van der Waals surface area contributed by atoms with E-state index in [1.807, 2.05) is 0 Å². The van der Waals surface area contributed by atoms with Crippen LogP contribution in [0.4, 0.5) is 4.39 Å². The highest BCUT2D eigenvalue weighted by molar-refractivity contribution is 9.11. The third kappa shape index (κ3) is 4.48. The Labute approximate surface area is 118 Å². The third-order valence-electron chi connectivity index (χ3n) is 2.34. The smallest absolute Gasteiger partial charge is 0.328 e. The van der Waals surface area contributed by atoms with Crippen LogP contribution in [-0.4, -0.2) is 25.0 Å². The van der Waals surface area contributed by atoms with E-state index in [9.17, 15) is 14.0 Å². The summed E-state index contributed by atoms with van der Waals surface area (Å²) < 4.78 is 18.5. The molecule has 0 unspecified atom stereocenters. The number of hydrogen-bond donors (Lipinski definition) is 1. The largest absolute Gasteiger partial charge is 0.467 e. The van der Waals surface area contributed by atoms with Crippen LogP contribution in [0.1, 0.15) is 16.8 Å². The molecular formula is C13H13BrFNO3. The van der Waals surface area contributed by atoms with E-state index in [1.165, 1.54) is 31.4 Å². The Hall–Kier alpha value is -1.69. The van der Waals surface area contributed by atoms with Crippen molar-refractivity contribution in [2.75, 3.05) is 7.11 Å². The van der Waals surface area contributed by atoms with Gasteiger partial charge in [-0.25, -0.2) is 9.18 Å². The van der Waals surface area contributed by atoms with Gasteiger partial charge in [-0.15, -0.1) is 0 Å². The fourth-order valence-electron chi connectivity index (χ4n) is 1.44.